The lowest BCUT2D eigenvalue weighted by atomic mass is 10.2. The molecule has 2 heterocycles. The van der Waals surface area contributed by atoms with Crippen molar-refractivity contribution >= 4 is 81.4 Å². The highest BCUT2D eigenvalue weighted by Crippen LogP contribution is 2.37. The lowest BCUT2D eigenvalue weighted by Crippen LogP contribution is -2.19. The van der Waals surface area contributed by atoms with Crippen molar-refractivity contribution in [2.75, 3.05) is 16.4 Å². The van der Waals surface area contributed by atoms with E-state index in [2.05, 4.69) is 15.6 Å². The molecule has 2 N–H and O–H groups in total. The summed E-state index contributed by atoms with van der Waals surface area (Å²) < 4.78 is 0. The fourth-order valence-electron chi connectivity index (χ4n) is 1.99. The van der Waals surface area contributed by atoms with Crippen LogP contribution in [0.5, 0.6) is 0 Å². The molecule has 0 saturated heterocycles. The summed E-state index contributed by atoms with van der Waals surface area (Å²) in [4.78, 5) is 28.6. The molecular formula is C14H7Cl4N3O2S. The molecule has 1 aliphatic rings. The summed E-state index contributed by atoms with van der Waals surface area (Å²) in [6, 6.07) is 5.14. The summed E-state index contributed by atoms with van der Waals surface area (Å²) in [6.07, 6.45) is 0. The number of hydrogen-bond acceptors (Lipinski definition) is 4. The lowest BCUT2D eigenvalue weighted by Gasteiger charge is -2.17. The molecule has 1 aromatic heterocycles. The summed E-state index contributed by atoms with van der Waals surface area (Å²) >= 11 is 25.0. The normalized spacial score (nSPS) is 13.2. The Morgan fingerprint density at radius 1 is 1.17 bits per heavy atom. The maximum atomic E-state index is 12.4. The number of pyridine rings is 1. The number of rotatable bonds is 2. The highest BCUT2D eigenvalue weighted by Gasteiger charge is 2.21. The van der Waals surface area contributed by atoms with E-state index in [0.29, 0.717) is 17.1 Å². The minimum atomic E-state index is -0.602. The molecule has 2 amide bonds. The molecule has 0 saturated carbocycles. The molecule has 0 fully saturated rings. The zero-order valence-corrected chi connectivity index (χ0v) is 15.5. The highest BCUT2D eigenvalue weighted by molar-refractivity contribution is 8.00. The summed E-state index contributed by atoms with van der Waals surface area (Å²) in [6.45, 7) is 0. The van der Waals surface area contributed by atoms with Gasteiger partial charge >= 0.3 is 0 Å². The predicted octanol–water partition coefficient (Wildman–Crippen LogP) is 4.99. The van der Waals surface area contributed by atoms with Crippen LogP contribution >= 0.6 is 58.2 Å². The Labute approximate surface area is 161 Å². The number of aromatic nitrogens is 1. The van der Waals surface area contributed by atoms with Crippen LogP contribution in [0.1, 0.15) is 10.5 Å². The molecule has 0 unspecified atom stereocenters. The Hall–Kier alpha value is -1.18. The van der Waals surface area contributed by atoms with Crippen LogP contribution in [0.2, 0.25) is 20.2 Å². The van der Waals surface area contributed by atoms with Gasteiger partial charge < -0.3 is 10.6 Å². The molecule has 0 bridgehead atoms. The summed E-state index contributed by atoms with van der Waals surface area (Å²) in [7, 11) is 0. The van der Waals surface area contributed by atoms with Gasteiger partial charge in [0.25, 0.3) is 5.91 Å². The van der Waals surface area contributed by atoms with Gasteiger partial charge in [-0.05, 0) is 18.2 Å². The molecule has 0 radical (unpaired) electrons. The summed E-state index contributed by atoms with van der Waals surface area (Å²) in [5.41, 5.74) is 0.939. The van der Waals surface area contributed by atoms with Crippen molar-refractivity contribution in [1.82, 2.24) is 4.98 Å². The monoisotopic (exact) mass is 421 g/mol. The van der Waals surface area contributed by atoms with Crippen LogP contribution in [0, 0.1) is 0 Å². The number of benzene rings is 1. The van der Waals surface area contributed by atoms with E-state index in [0.717, 1.165) is 4.90 Å². The number of amides is 2. The van der Waals surface area contributed by atoms with E-state index in [1.54, 1.807) is 18.2 Å². The molecule has 2 aromatic rings. The van der Waals surface area contributed by atoms with Crippen molar-refractivity contribution in [2.45, 2.75) is 4.90 Å². The number of fused-ring (bicyclic) bond motifs is 1. The number of hydrogen-bond donors (Lipinski definition) is 2. The van der Waals surface area contributed by atoms with Crippen LogP contribution in [0.25, 0.3) is 0 Å². The first kappa shape index (κ1) is 17.6. The molecule has 124 valence electrons. The largest absolute Gasteiger partial charge is 0.324 e. The maximum Gasteiger partial charge on any atom is 0.275 e. The Morgan fingerprint density at radius 3 is 2.67 bits per heavy atom. The molecule has 0 atom stereocenters. The van der Waals surface area contributed by atoms with Crippen LogP contribution in [0.4, 0.5) is 11.4 Å². The predicted molar refractivity (Wildman–Crippen MR) is 98.0 cm³/mol. The fourth-order valence-corrected chi connectivity index (χ4v) is 3.59. The van der Waals surface area contributed by atoms with Gasteiger partial charge in [0, 0.05) is 10.6 Å². The van der Waals surface area contributed by atoms with E-state index in [1.165, 1.54) is 11.8 Å². The number of carbonyl (C=O) groups excluding carboxylic acids is 2. The Balaban J connectivity index is 1.88. The van der Waals surface area contributed by atoms with Gasteiger partial charge in [-0.2, -0.15) is 0 Å². The third-order valence-electron chi connectivity index (χ3n) is 3.07. The molecule has 5 nitrogen and oxygen atoms in total. The molecule has 24 heavy (non-hydrogen) atoms. The van der Waals surface area contributed by atoms with Gasteiger partial charge in [-0.3, -0.25) is 9.59 Å². The van der Waals surface area contributed by atoms with E-state index < -0.39 is 5.91 Å². The van der Waals surface area contributed by atoms with Gasteiger partial charge in [-0.1, -0.05) is 46.4 Å². The van der Waals surface area contributed by atoms with Crippen LogP contribution in [0.3, 0.4) is 0 Å². The molecule has 10 heteroatoms. The van der Waals surface area contributed by atoms with Gasteiger partial charge in [-0.25, -0.2) is 4.98 Å². The minimum absolute atomic E-state index is 0.0200. The molecular weight excluding hydrogens is 416 g/mol. The van der Waals surface area contributed by atoms with Crippen molar-refractivity contribution in [3.8, 4) is 0 Å². The number of anilines is 2. The summed E-state index contributed by atoms with van der Waals surface area (Å²) in [5.74, 6) is -0.341. The zero-order valence-electron chi connectivity index (χ0n) is 11.6. The standard InChI is InChI=1S/C14H7Cl4N3O2S/c15-9-10(16)12(21-13(18)11(9)17)14(23)19-5-1-2-7-6(3-5)20-8(22)4-24-7/h1-3H,4H2,(H,19,23)(H,20,22). The van der Waals surface area contributed by atoms with Gasteiger partial charge in [-0.15, -0.1) is 11.8 Å². The zero-order chi connectivity index (χ0) is 17.4. The van der Waals surface area contributed by atoms with Gasteiger partial charge in [0.1, 0.15) is 10.8 Å². The molecule has 0 spiro atoms. The first-order valence-electron chi connectivity index (χ1n) is 6.45. The van der Waals surface area contributed by atoms with Crippen molar-refractivity contribution in [1.29, 1.82) is 0 Å². The third kappa shape index (κ3) is 3.43. The topological polar surface area (TPSA) is 71.1 Å². The SMILES string of the molecule is O=C1CSc2ccc(NC(=O)c3nc(Cl)c(Cl)c(Cl)c3Cl)cc2N1. The average Bonchev–Trinajstić information content (AvgIpc) is 2.55. The van der Waals surface area contributed by atoms with Crippen molar-refractivity contribution < 1.29 is 9.59 Å². The average molecular weight is 423 g/mol. The van der Waals surface area contributed by atoms with E-state index in [-0.39, 0.29) is 31.8 Å². The van der Waals surface area contributed by atoms with E-state index in [1.807, 2.05) is 0 Å². The van der Waals surface area contributed by atoms with Crippen LogP contribution < -0.4 is 10.6 Å². The second kappa shape index (κ2) is 6.98. The van der Waals surface area contributed by atoms with Crippen molar-refractivity contribution in [3.05, 3.63) is 44.1 Å². The Morgan fingerprint density at radius 2 is 1.92 bits per heavy atom. The maximum absolute atomic E-state index is 12.4. The van der Waals surface area contributed by atoms with Gasteiger partial charge in [0.05, 0.1) is 26.5 Å². The van der Waals surface area contributed by atoms with E-state index >= 15 is 0 Å². The second-order valence-electron chi connectivity index (χ2n) is 4.70. The van der Waals surface area contributed by atoms with Crippen LogP contribution in [-0.2, 0) is 4.79 Å². The smallest absolute Gasteiger partial charge is 0.275 e. The summed E-state index contributed by atoms with van der Waals surface area (Å²) in [5, 5.41) is 5.09. The number of nitrogens with one attached hydrogen (secondary N) is 2. The third-order valence-corrected chi connectivity index (χ3v) is 5.82. The van der Waals surface area contributed by atoms with Gasteiger partial charge in [0.2, 0.25) is 5.91 Å². The van der Waals surface area contributed by atoms with Crippen LogP contribution in [0.15, 0.2) is 23.1 Å². The minimum Gasteiger partial charge on any atom is -0.324 e. The first-order valence-corrected chi connectivity index (χ1v) is 8.94. The van der Waals surface area contributed by atoms with E-state index in [9.17, 15) is 9.59 Å². The quantitative estimate of drug-likeness (QED) is 0.668. The van der Waals surface area contributed by atoms with Crippen LogP contribution in [-0.4, -0.2) is 22.6 Å². The molecule has 3 rings (SSSR count). The first-order chi connectivity index (χ1) is 11.4. The number of carbonyl (C=O) groups is 2. The second-order valence-corrected chi connectivity index (χ2v) is 7.20. The van der Waals surface area contributed by atoms with E-state index in [4.69, 9.17) is 46.4 Å². The molecule has 1 aliphatic heterocycles. The Kier molecular flexibility index (Phi) is 5.13. The molecule has 0 aliphatic carbocycles. The fraction of sp³-hybridized carbons (Fsp3) is 0.0714. The van der Waals surface area contributed by atoms with Gasteiger partial charge in [0.15, 0.2) is 0 Å². The van der Waals surface area contributed by atoms with Crippen molar-refractivity contribution in [2.24, 2.45) is 0 Å². The number of nitrogens with zero attached hydrogens (tertiary/aromatic N) is 1. The number of thioether (sulfide) groups is 1. The van der Waals surface area contributed by atoms with Crippen molar-refractivity contribution in [3.63, 3.8) is 0 Å². The Bertz CT molecular complexity index is 876. The number of halogens is 4. The lowest BCUT2D eigenvalue weighted by molar-refractivity contribution is -0.113. The molecule has 1 aromatic carbocycles. The highest BCUT2D eigenvalue weighted by atomic mass is 35.5.